The summed E-state index contributed by atoms with van der Waals surface area (Å²) in [6.45, 7) is 5.33. The third-order valence-electron chi connectivity index (χ3n) is 9.83. The Morgan fingerprint density at radius 2 is 1.31 bits per heavy atom. The zero-order valence-corrected chi connectivity index (χ0v) is 32.9. The van der Waals surface area contributed by atoms with Gasteiger partial charge in [0.15, 0.2) is 3.92 Å². The number of anilines is 1. The first-order valence-corrected chi connectivity index (χ1v) is 20.4. The van der Waals surface area contributed by atoms with Crippen LogP contribution in [-0.2, 0) is 9.47 Å². The maximum absolute atomic E-state index is 5.94. The van der Waals surface area contributed by atoms with Crippen molar-refractivity contribution in [2.24, 2.45) is 22.3 Å². The molecular weight excluding hydrogens is 904 g/mol. The lowest BCUT2D eigenvalue weighted by Gasteiger charge is -2.45. The van der Waals surface area contributed by atoms with Gasteiger partial charge in [0.2, 0.25) is 15.1 Å². The summed E-state index contributed by atoms with van der Waals surface area (Å²) in [4.78, 5) is 12.8. The lowest BCUT2D eigenvalue weighted by Crippen LogP contribution is -2.46. The molecule has 4 aliphatic rings. The van der Waals surface area contributed by atoms with Gasteiger partial charge in [-0.1, -0.05) is 41.9 Å². The Balaban J connectivity index is 0.000000131. The first-order chi connectivity index (χ1) is 21.8. The van der Waals surface area contributed by atoms with Crippen LogP contribution in [0.1, 0.15) is 70.6 Å². The number of nitrogens with two attached hydrogens (primary N) is 2. The molecule has 248 valence electrons. The molecule has 2 spiro atoms. The molecule has 4 aromatic rings. The number of piperidine rings is 1. The standard InChI is InChI=1S/C14H20IN5OS.C11H21NO.C4HBrIN3S/c15-11-8-17-12-20(11)18-13(22-12)19-5-3-14(4-6-19)2-1-10(7-16)21-9-14;12-8-10-4-7-11(9-13-10)5-2-1-3-6-11;5-3-8-9-2(6)1-7-4(9)10-3/h8,10H,1-7,9,16H2;10H,1-9,12H2;1H. The Morgan fingerprint density at radius 1 is 0.778 bits per heavy atom. The van der Waals surface area contributed by atoms with Gasteiger partial charge in [-0.2, -0.15) is 9.03 Å². The van der Waals surface area contributed by atoms with Gasteiger partial charge < -0.3 is 25.8 Å². The first-order valence-electron chi connectivity index (χ1n) is 15.8. The minimum atomic E-state index is 0.275. The molecular formula is C29H42BrI2N9O2S2. The predicted octanol–water partition coefficient (Wildman–Crippen LogP) is 6.35. The van der Waals surface area contributed by atoms with Crippen LogP contribution >= 0.6 is 83.8 Å². The summed E-state index contributed by atoms with van der Waals surface area (Å²) < 4.78 is 18.4. The molecule has 1 aliphatic carbocycles. The summed E-state index contributed by atoms with van der Waals surface area (Å²) in [5.41, 5.74) is 12.2. The molecule has 7 heterocycles. The maximum atomic E-state index is 5.94. The number of hydrogen-bond acceptors (Lipinski definition) is 11. The molecule has 1 saturated carbocycles. The lowest BCUT2D eigenvalue weighted by atomic mass is 9.70. The summed E-state index contributed by atoms with van der Waals surface area (Å²) in [5.74, 6) is 0. The lowest BCUT2D eigenvalue weighted by molar-refractivity contribution is -0.0728. The highest BCUT2D eigenvalue weighted by atomic mass is 127. The van der Waals surface area contributed by atoms with Crippen LogP contribution < -0.4 is 16.4 Å². The molecule has 4 N–H and O–H groups in total. The summed E-state index contributed by atoms with van der Waals surface area (Å²) in [7, 11) is 0. The number of aromatic nitrogens is 6. The van der Waals surface area contributed by atoms with Crippen molar-refractivity contribution in [2.45, 2.75) is 82.8 Å². The smallest absolute Gasteiger partial charge is 0.214 e. The van der Waals surface area contributed by atoms with Crippen molar-refractivity contribution in [3.63, 3.8) is 0 Å². The van der Waals surface area contributed by atoms with Crippen molar-refractivity contribution in [2.75, 3.05) is 44.3 Å². The molecule has 45 heavy (non-hydrogen) atoms. The Morgan fingerprint density at radius 3 is 1.80 bits per heavy atom. The van der Waals surface area contributed by atoms with E-state index in [1.54, 1.807) is 22.0 Å². The summed E-state index contributed by atoms with van der Waals surface area (Å²) >= 11 is 10.9. The molecule has 11 nitrogen and oxygen atoms in total. The third kappa shape index (κ3) is 8.33. The van der Waals surface area contributed by atoms with Crippen LogP contribution in [0.5, 0.6) is 0 Å². The van der Waals surface area contributed by atoms with Crippen molar-refractivity contribution in [1.82, 2.24) is 29.2 Å². The number of fused-ring (bicyclic) bond motifs is 2. The van der Waals surface area contributed by atoms with Crippen molar-refractivity contribution < 1.29 is 9.47 Å². The van der Waals surface area contributed by atoms with Crippen LogP contribution in [0, 0.1) is 18.2 Å². The number of rotatable bonds is 3. The number of hydrogen-bond donors (Lipinski definition) is 2. The van der Waals surface area contributed by atoms with Gasteiger partial charge in [0.05, 0.1) is 37.8 Å². The molecule has 4 fully saturated rings. The number of ether oxygens (including phenoxy) is 2. The third-order valence-corrected chi connectivity index (χ3v) is 13.6. The topological polar surface area (TPSA) is 134 Å². The first kappa shape index (κ1) is 34.6. The molecule has 3 saturated heterocycles. The fraction of sp³-hybridized carbons (Fsp3) is 0.724. The van der Waals surface area contributed by atoms with E-state index in [2.05, 4.69) is 81.1 Å². The van der Waals surface area contributed by atoms with Crippen LogP contribution in [0.2, 0.25) is 0 Å². The number of nitrogens with zero attached hydrogens (tertiary/aromatic N) is 7. The van der Waals surface area contributed by atoms with E-state index in [1.165, 1.54) is 75.5 Å². The van der Waals surface area contributed by atoms with Crippen LogP contribution in [0.3, 0.4) is 0 Å². The van der Waals surface area contributed by atoms with Crippen LogP contribution in [0.4, 0.5) is 5.13 Å². The van der Waals surface area contributed by atoms with Crippen molar-refractivity contribution in [1.29, 1.82) is 0 Å². The molecule has 2 unspecified atom stereocenters. The largest absolute Gasteiger partial charge is 0.376 e. The molecule has 4 aromatic heterocycles. The van der Waals surface area contributed by atoms with Crippen molar-refractivity contribution in [3.8, 4) is 0 Å². The fourth-order valence-electron chi connectivity index (χ4n) is 6.90. The summed E-state index contributed by atoms with van der Waals surface area (Å²) in [5, 5.41) is 9.94. The zero-order valence-electron chi connectivity index (χ0n) is 25.4. The second-order valence-electron chi connectivity index (χ2n) is 12.8. The van der Waals surface area contributed by atoms with E-state index in [9.17, 15) is 0 Å². The molecule has 0 bridgehead atoms. The average molecular weight is 947 g/mol. The maximum Gasteiger partial charge on any atom is 0.214 e. The van der Waals surface area contributed by atoms with E-state index in [1.807, 2.05) is 10.7 Å². The second-order valence-corrected chi connectivity index (χ2v) is 18.1. The summed E-state index contributed by atoms with van der Waals surface area (Å²) in [6, 6.07) is 0. The Kier molecular flexibility index (Phi) is 12.0. The highest BCUT2D eigenvalue weighted by molar-refractivity contribution is 14.1. The van der Waals surface area contributed by atoms with E-state index in [-0.39, 0.29) is 6.10 Å². The molecule has 8 rings (SSSR count). The molecule has 0 radical (unpaired) electrons. The normalized spacial score (nSPS) is 24.4. The highest BCUT2D eigenvalue weighted by Crippen LogP contribution is 2.44. The molecule has 16 heteroatoms. The number of imidazole rings is 2. The number of halogens is 3. The highest BCUT2D eigenvalue weighted by Gasteiger charge is 2.39. The summed E-state index contributed by atoms with van der Waals surface area (Å²) in [6.07, 6.45) is 18.6. The van der Waals surface area contributed by atoms with Crippen molar-refractivity contribution in [3.05, 3.63) is 23.7 Å². The Hall–Kier alpha value is -0.220. The SMILES string of the molecule is Brc1nn2c(I)cnc2s1.NCC1CCC2(CCCCC2)CO1.NCC1CCC2(CCN(c3nn4c(I)cnc4s3)CC2)CO1. The predicted molar refractivity (Wildman–Crippen MR) is 200 cm³/mol. The zero-order chi connectivity index (χ0) is 31.4. The van der Waals surface area contributed by atoms with E-state index in [0.717, 1.165) is 59.1 Å². The van der Waals surface area contributed by atoms with Gasteiger partial charge in [-0.3, -0.25) is 0 Å². The fourth-order valence-corrected chi connectivity index (χ4v) is 10.3. The average Bonchev–Trinajstić information content (AvgIpc) is 3.84. The minimum Gasteiger partial charge on any atom is -0.376 e. The van der Waals surface area contributed by atoms with Gasteiger partial charge in [0.25, 0.3) is 0 Å². The van der Waals surface area contributed by atoms with Gasteiger partial charge in [0, 0.05) is 26.2 Å². The van der Waals surface area contributed by atoms with Gasteiger partial charge >= 0.3 is 0 Å². The Bertz CT molecular complexity index is 1510. The van der Waals surface area contributed by atoms with E-state index in [4.69, 9.17) is 26.0 Å². The van der Waals surface area contributed by atoms with Gasteiger partial charge in [-0.15, -0.1) is 10.2 Å². The molecule has 2 atom stereocenters. The quantitative estimate of drug-likeness (QED) is 0.226. The van der Waals surface area contributed by atoms with Crippen molar-refractivity contribution >= 4 is 98.8 Å². The molecule has 0 aromatic carbocycles. The Labute approximate surface area is 308 Å². The van der Waals surface area contributed by atoms with Gasteiger partial charge in [-0.25, -0.2) is 9.97 Å². The van der Waals surface area contributed by atoms with Gasteiger partial charge in [-0.05, 0) is 123 Å². The van der Waals surface area contributed by atoms with E-state index >= 15 is 0 Å². The van der Waals surface area contributed by atoms with Crippen LogP contribution in [0.25, 0.3) is 9.92 Å². The minimum absolute atomic E-state index is 0.275. The van der Waals surface area contributed by atoms with Crippen LogP contribution in [0.15, 0.2) is 16.3 Å². The van der Waals surface area contributed by atoms with Gasteiger partial charge in [0.1, 0.15) is 7.40 Å². The van der Waals surface area contributed by atoms with Crippen LogP contribution in [-0.4, -0.2) is 80.8 Å². The second kappa shape index (κ2) is 15.6. The van der Waals surface area contributed by atoms with E-state index in [0.29, 0.717) is 30.0 Å². The van der Waals surface area contributed by atoms with E-state index < -0.39 is 0 Å². The molecule has 0 amide bonds. The molecule has 3 aliphatic heterocycles. The monoisotopic (exact) mass is 945 g/mol.